The van der Waals surface area contributed by atoms with E-state index in [0.29, 0.717) is 25.0 Å². The van der Waals surface area contributed by atoms with E-state index >= 15 is 0 Å². The first-order chi connectivity index (χ1) is 15.5. The van der Waals surface area contributed by atoms with E-state index < -0.39 is 0 Å². The molecular formula is C26H33N3O3. The van der Waals surface area contributed by atoms with Gasteiger partial charge in [-0.3, -0.25) is 4.79 Å². The van der Waals surface area contributed by atoms with Gasteiger partial charge in [-0.05, 0) is 82.3 Å². The molecule has 32 heavy (non-hydrogen) atoms. The summed E-state index contributed by atoms with van der Waals surface area (Å²) in [7, 11) is 4.00. The summed E-state index contributed by atoms with van der Waals surface area (Å²) < 4.78 is 12.6. The molecule has 2 aromatic rings. The second-order valence-corrected chi connectivity index (χ2v) is 9.98. The molecule has 6 heteroatoms. The van der Waals surface area contributed by atoms with Crippen LogP contribution in [0.3, 0.4) is 0 Å². The zero-order chi connectivity index (χ0) is 22.4. The SMILES string of the molecule is CCN(CC)C(=O)c1[nH]c2c(c1C)C[C@H]1[C@@H]3Cc4ccc(OC)c5c4[C@@]1(CCN3C)[C@H]2O5. The highest BCUT2D eigenvalue weighted by Crippen LogP contribution is 2.67. The number of rotatable bonds is 4. The Morgan fingerprint density at radius 3 is 2.81 bits per heavy atom. The Labute approximate surface area is 189 Å². The maximum absolute atomic E-state index is 13.3. The predicted molar refractivity (Wildman–Crippen MR) is 123 cm³/mol. The third-order valence-electron chi connectivity index (χ3n) is 8.96. The molecule has 1 N–H and O–H groups in total. The quantitative estimate of drug-likeness (QED) is 0.797. The number of aromatic nitrogens is 1. The number of carbonyl (C=O) groups is 1. The van der Waals surface area contributed by atoms with Crippen LogP contribution in [0.25, 0.3) is 0 Å². The fourth-order valence-corrected chi connectivity index (χ4v) is 7.32. The van der Waals surface area contributed by atoms with Crippen molar-refractivity contribution in [1.82, 2.24) is 14.8 Å². The Balaban J connectivity index is 1.56. The molecule has 1 aromatic carbocycles. The molecule has 2 aliphatic carbocycles. The molecule has 1 saturated heterocycles. The molecule has 2 aliphatic heterocycles. The molecule has 1 amide bonds. The van der Waals surface area contributed by atoms with Crippen molar-refractivity contribution >= 4 is 5.91 Å². The van der Waals surface area contributed by atoms with Crippen LogP contribution in [0.1, 0.15) is 64.8 Å². The van der Waals surface area contributed by atoms with Crippen LogP contribution in [0.4, 0.5) is 0 Å². The average Bonchev–Trinajstić information content (AvgIpc) is 3.31. The molecular weight excluding hydrogens is 402 g/mol. The number of amides is 1. The lowest BCUT2D eigenvalue weighted by atomic mass is 9.51. The number of benzene rings is 1. The Bertz CT molecular complexity index is 1120. The van der Waals surface area contributed by atoms with E-state index in [2.05, 4.69) is 36.0 Å². The molecule has 6 nitrogen and oxygen atoms in total. The van der Waals surface area contributed by atoms with Crippen molar-refractivity contribution in [3.63, 3.8) is 0 Å². The van der Waals surface area contributed by atoms with Crippen molar-refractivity contribution in [1.29, 1.82) is 0 Å². The smallest absolute Gasteiger partial charge is 0.270 e. The van der Waals surface area contributed by atoms with Gasteiger partial charge in [-0.15, -0.1) is 0 Å². The van der Waals surface area contributed by atoms with Crippen LogP contribution >= 0.6 is 0 Å². The van der Waals surface area contributed by atoms with Crippen molar-refractivity contribution in [3.8, 4) is 11.5 Å². The minimum Gasteiger partial charge on any atom is -0.493 e. The van der Waals surface area contributed by atoms with Gasteiger partial charge < -0.3 is 24.3 Å². The van der Waals surface area contributed by atoms with Crippen molar-refractivity contribution in [2.75, 3.05) is 33.8 Å². The van der Waals surface area contributed by atoms with Gasteiger partial charge in [-0.1, -0.05) is 6.07 Å². The summed E-state index contributed by atoms with van der Waals surface area (Å²) in [6.45, 7) is 8.68. The van der Waals surface area contributed by atoms with Crippen LogP contribution in [-0.4, -0.2) is 60.5 Å². The van der Waals surface area contributed by atoms with E-state index in [4.69, 9.17) is 9.47 Å². The third kappa shape index (κ3) is 2.26. The van der Waals surface area contributed by atoms with E-state index in [1.807, 2.05) is 18.7 Å². The van der Waals surface area contributed by atoms with Crippen molar-refractivity contribution in [3.05, 3.63) is 45.8 Å². The van der Waals surface area contributed by atoms with Gasteiger partial charge in [0.05, 0.1) is 12.8 Å². The molecule has 6 rings (SSSR count). The minimum absolute atomic E-state index is 0.0472. The van der Waals surface area contributed by atoms with Crippen LogP contribution in [0.5, 0.6) is 11.5 Å². The summed E-state index contributed by atoms with van der Waals surface area (Å²) in [4.78, 5) is 21.4. The molecule has 4 atom stereocenters. The molecule has 2 bridgehead atoms. The zero-order valence-corrected chi connectivity index (χ0v) is 19.7. The maximum Gasteiger partial charge on any atom is 0.270 e. The molecule has 170 valence electrons. The number of nitrogens with one attached hydrogen (secondary N) is 1. The molecule has 3 heterocycles. The standard InChI is InChI=1S/C26H33N3O3/c1-6-29(7-2)25(30)21-14(3)16-13-17-18-12-15-8-9-19(31-5)23-20(15)26(17,10-11-28(18)4)24(32-23)22(16)27-21/h8-9,17-18,24,27H,6-7,10-13H2,1-5H3/t17-,18-,24-,26-/m0/s1. The summed E-state index contributed by atoms with van der Waals surface area (Å²) in [5.41, 5.74) is 6.99. The van der Waals surface area contributed by atoms with E-state index in [9.17, 15) is 4.79 Å². The molecule has 0 saturated carbocycles. The van der Waals surface area contributed by atoms with Gasteiger partial charge in [0.2, 0.25) is 0 Å². The lowest BCUT2D eigenvalue weighted by Crippen LogP contribution is -2.62. The molecule has 0 unspecified atom stereocenters. The zero-order valence-electron chi connectivity index (χ0n) is 19.7. The normalized spacial score (nSPS) is 29.2. The Hall–Kier alpha value is -2.47. The number of hydrogen-bond donors (Lipinski definition) is 1. The van der Waals surface area contributed by atoms with E-state index in [1.165, 1.54) is 16.7 Å². The maximum atomic E-state index is 13.3. The summed E-state index contributed by atoms with van der Waals surface area (Å²) in [5, 5.41) is 0. The highest BCUT2D eigenvalue weighted by molar-refractivity contribution is 5.94. The number of nitrogens with zero attached hydrogens (tertiary/aromatic N) is 2. The van der Waals surface area contributed by atoms with E-state index in [0.717, 1.165) is 54.3 Å². The van der Waals surface area contributed by atoms with Gasteiger partial charge in [0, 0.05) is 30.1 Å². The summed E-state index contributed by atoms with van der Waals surface area (Å²) in [6.07, 6.45) is 3.03. The Kier molecular flexibility index (Phi) is 4.26. The third-order valence-corrected chi connectivity index (χ3v) is 8.96. The topological polar surface area (TPSA) is 57.8 Å². The van der Waals surface area contributed by atoms with Crippen LogP contribution < -0.4 is 9.47 Å². The number of ether oxygens (including phenoxy) is 2. The number of carbonyl (C=O) groups excluding carboxylic acids is 1. The Morgan fingerprint density at radius 1 is 1.31 bits per heavy atom. The minimum atomic E-state index is -0.0882. The molecule has 0 radical (unpaired) electrons. The molecule has 1 fully saturated rings. The van der Waals surface area contributed by atoms with E-state index in [1.54, 1.807) is 7.11 Å². The molecule has 1 spiro atoms. The summed E-state index contributed by atoms with van der Waals surface area (Å²) >= 11 is 0. The number of H-pyrrole nitrogens is 1. The van der Waals surface area contributed by atoms with Crippen molar-refractivity contribution < 1.29 is 14.3 Å². The number of likely N-dealkylation sites (tertiary alicyclic amines) is 1. The lowest BCUT2D eigenvalue weighted by molar-refractivity contribution is -0.0256. The van der Waals surface area contributed by atoms with Crippen LogP contribution in [0, 0.1) is 12.8 Å². The number of hydrogen-bond acceptors (Lipinski definition) is 4. The highest BCUT2D eigenvalue weighted by atomic mass is 16.5. The average molecular weight is 436 g/mol. The fourth-order valence-electron chi connectivity index (χ4n) is 7.32. The highest BCUT2D eigenvalue weighted by Gasteiger charge is 2.65. The summed E-state index contributed by atoms with van der Waals surface area (Å²) in [5.74, 6) is 2.33. The van der Waals surface area contributed by atoms with Crippen LogP contribution in [0.2, 0.25) is 0 Å². The van der Waals surface area contributed by atoms with Gasteiger partial charge in [-0.2, -0.15) is 0 Å². The predicted octanol–water partition coefficient (Wildman–Crippen LogP) is 3.62. The molecule has 4 aliphatic rings. The van der Waals surface area contributed by atoms with Gasteiger partial charge in [0.25, 0.3) is 5.91 Å². The van der Waals surface area contributed by atoms with Gasteiger partial charge >= 0.3 is 0 Å². The largest absolute Gasteiger partial charge is 0.493 e. The van der Waals surface area contributed by atoms with Crippen LogP contribution in [0.15, 0.2) is 12.1 Å². The number of aromatic amines is 1. The number of fused-ring (bicyclic) bond motifs is 2. The number of piperidine rings is 1. The molecule has 1 aromatic heterocycles. The second kappa shape index (κ2) is 6.77. The Morgan fingerprint density at radius 2 is 2.09 bits per heavy atom. The number of likely N-dealkylation sites (N-methyl/N-ethyl adjacent to an activating group) is 1. The van der Waals surface area contributed by atoms with E-state index in [-0.39, 0.29) is 17.4 Å². The van der Waals surface area contributed by atoms with Gasteiger partial charge in [0.15, 0.2) is 11.5 Å². The summed E-state index contributed by atoms with van der Waals surface area (Å²) in [6, 6.07) is 4.80. The van der Waals surface area contributed by atoms with Crippen LogP contribution in [-0.2, 0) is 18.3 Å². The monoisotopic (exact) mass is 435 g/mol. The fraction of sp³-hybridized carbons (Fsp3) is 0.577. The number of methoxy groups -OCH3 is 1. The second-order valence-electron chi connectivity index (χ2n) is 9.98. The first-order valence-corrected chi connectivity index (χ1v) is 12.0. The first kappa shape index (κ1) is 20.2. The van der Waals surface area contributed by atoms with Gasteiger partial charge in [0.1, 0.15) is 11.8 Å². The van der Waals surface area contributed by atoms with Gasteiger partial charge in [-0.25, -0.2) is 0 Å². The first-order valence-electron chi connectivity index (χ1n) is 12.0. The van der Waals surface area contributed by atoms with Crippen molar-refractivity contribution in [2.45, 2.75) is 57.6 Å². The lowest BCUT2D eigenvalue weighted by Gasteiger charge is -2.57. The van der Waals surface area contributed by atoms with Crippen molar-refractivity contribution in [2.24, 2.45) is 5.92 Å².